The number of ketones is 1. The molecule has 3 heteroatoms. The Morgan fingerprint density at radius 1 is 1.46 bits per heavy atom. The molecule has 1 nitrogen and oxygen atoms in total. The van der Waals surface area contributed by atoms with E-state index in [1.165, 1.54) is 0 Å². The van der Waals surface area contributed by atoms with Crippen molar-refractivity contribution >= 4 is 37.6 Å². The van der Waals surface area contributed by atoms with Gasteiger partial charge in [0.2, 0.25) is 0 Å². The third-order valence-electron chi connectivity index (χ3n) is 1.82. The van der Waals surface area contributed by atoms with Gasteiger partial charge >= 0.3 is 0 Å². The summed E-state index contributed by atoms with van der Waals surface area (Å²) in [6.45, 7) is 2.00. The molecule has 70 valence electrons. The molecule has 0 fully saturated rings. The van der Waals surface area contributed by atoms with Gasteiger partial charge < -0.3 is 0 Å². The van der Waals surface area contributed by atoms with Crippen LogP contribution in [0.4, 0.5) is 0 Å². The minimum atomic E-state index is 0.178. The summed E-state index contributed by atoms with van der Waals surface area (Å²) < 4.78 is 0.993. The Labute approximate surface area is 94.8 Å². The monoisotopic (exact) mass is 304 g/mol. The van der Waals surface area contributed by atoms with E-state index in [2.05, 4.69) is 31.9 Å². The van der Waals surface area contributed by atoms with E-state index in [0.29, 0.717) is 6.42 Å². The quantitative estimate of drug-likeness (QED) is 0.614. The minimum absolute atomic E-state index is 0.178. The molecule has 1 aromatic carbocycles. The van der Waals surface area contributed by atoms with Crippen LogP contribution < -0.4 is 0 Å². The molecule has 1 rings (SSSR count). The van der Waals surface area contributed by atoms with Gasteiger partial charge in [0.15, 0.2) is 5.78 Å². The summed E-state index contributed by atoms with van der Waals surface area (Å²) in [5.74, 6) is 0.178. The molecular weight excluding hydrogens is 296 g/mol. The molecule has 0 aliphatic rings. The molecule has 0 bridgehead atoms. The number of benzene rings is 1. The minimum Gasteiger partial charge on any atom is -0.294 e. The molecule has 0 unspecified atom stereocenters. The first-order valence-electron chi connectivity index (χ1n) is 4.00. The Morgan fingerprint density at radius 2 is 2.15 bits per heavy atom. The van der Waals surface area contributed by atoms with Gasteiger partial charge in [-0.25, -0.2) is 0 Å². The molecule has 0 aliphatic heterocycles. The second kappa shape index (κ2) is 4.91. The fourth-order valence-electron chi connectivity index (χ4n) is 0.996. The van der Waals surface area contributed by atoms with Crippen LogP contribution in [0.15, 0.2) is 22.7 Å². The SMILES string of the molecule is Cc1ccc(C(=O)CCBr)cc1Br. The van der Waals surface area contributed by atoms with Crippen LogP contribution in [0.5, 0.6) is 0 Å². The fraction of sp³-hybridized carbons (Fsp3) is 0.300. The normalized spacial score (nSPS) is 10.1. The maximum Gasteiger partial charge on any atom is 0.163 e. The molecule has 0 amide bonds. The van der Waals surface area contributed by atoms with E-state index in [0.717, 1.165) is 20.9 Å². The lowest BCUT2D eigenvalue weighted by Crippen LogP contribution is -1.99. The first-order valence-corrected chi connectivity index (χ1v) is 5.92. The zero-order valence-electron chi connectivity index (χ0n) is 7.31. The van der Waals surface area contributed by atoms with Crippen molar-refractivity contribution in [1.29, 1.82) is 0 Å². The van der Waals surface area contributed by atoms with E-state index in [9.17, 15) is 4.79 Å². The topological polar surface area (TPSA) is 17.1 Å². The van der Waals surface area contributed by atoms with Crippen molar-refractivity contribution in [3.8, 4) is 0 Å². The Balaban J connectivity index is 2.90. The molecule has 0 heterocycles. The van der Waals surface area contributed by atoms with Gasteiger partial charge in [-0.3, -0.25) is 4.79 Å². The van der Waals surface area contributed by atoms with Crippen LogP contribution >= 0.6 is 31.9 Å². The van der Waals surface area contributed by atoms with Crippen molar-refractivity contribution < 1.29 is 4.79 Å². The van der Waals surface area contributed by atoms with Crippen molar-refractivity contribution in [1.82, 2.24) is 0 Å². The smallest absolute Gasteiger partial charge is 0.163 e. The van der Waals surface area contributed by atoms with Gasteiger partial charge in [0.05, 0.1) is 0 Å². The Morgan fingerprint density at radius 3 is 2.69 bits per heavy atom. The standard InChI is InChI=1S/C10H10Br2O/c1-7-2-3-8(6-9(7)12)10(13)4-5-11/h2-3,6H,4-5H2,1H3. The van der Waals surface area contributed by atoms with Crippen molar-refractivity contribution in [2.24, 2.45) is 0 Å². The summed E-state index contributed by atoms with van der Waals surface area (Å²) in [4.78, 5) is 11.5. The molecule has 0 N–H and O–H groups in total. The van der Waals surface area contributed by atoms with E-state index in [-0.39, 0.29) is 5.78 Å². The summed E-state index contributed by atoms with van der Waals surface area (Å²) in [6.07, 6.45) is 0.551. The van der Waals surface area contributed by atoms with E-state index >= 15 is 0 Å². The van der Waals surface area contributed by atoms with Gasteiger partial charge in [-0.05, 0) is 18.6 Å². The van der Waals surface area contributed by atoms with Gasteiger partial charge in [0.1, 0.15) is 0 Å². The lowest BCUT2D eigenvalue weighted by atomic mass is 10.1. The highest BCUT2D eigenvalue weighted by atomic mass is 79.9. The zero-order valence-corrected chi connectivity index (χ0v) is 10.5. The molecule has 0 saturated carbocycles. The van der Waals surface area contributed by atoms with E-state index < -0.39 is 0 Å². The van der Waals surface area contributed by atoms with Gasteiger partial charge in [0.25, 0.3) is 0 Å². The van der Waals surface area contributed by atoms with Crippen molar-refractivity contribution in [3.63, 3.8) is 0 Å². The molecule has 1 aromatic rings. The maximum atomic E-state index is 11.5. The number of aryl methyl sites for hydroxylation is 1. The lowest BCUT2D eigenvalue weighted by molar-refractivity contribution is 0.0990. The summed E-state index contributed by atoms with van der Waals surface area (Å²) in [5.41, 5.74) is 1.92. The molecule has 0 spiro atoms. The van der Waals surface area contributed by atoms with Gasteiger partial charge in [-0.1, -0.05) is 44.0 Å². The Hall–Kier alpha value is -0.150. The predicted octanol–water partition coefficient (Wildman–Crippen LogP) is 3.73. The highest BCUT2D eigenvalue weighted by Crippen LogP contribution is 2.18. The highest BCUT2D eigenvalue weighted by molar-refractivity contribution is 9.10. The van der Waals surface area contributed by atoms with Crippen LogP contribution in [-0.4, -0.2) is 11.1 Å². The molecular formula is C10H10Br2O. The third-order valence-corrected chi connectivity index (χ3v) is 3.07. The summed E-state index contributed by atoms with van der Waals surface area (Å²) in [6, 6.07) is 5.69. The van der Waals surface area contributed by atoms with Crippen LogP contribution in [0.1, 0.15) is 22.3 Å². The van der Waals surface area contributed by atoms with Crippen LogP contribution in [0.3, 0.4) is 0 Å². The van der Waals surface area contributed by atoms with Crippen molar-refractivity contribution in [2.45, 2.75) is 13.3 Å². The van der Waals surface area contributed by atoms with Crippen LogP contribution in [-0.2, 0) is 0 Å². The van der Waals surface area contributed by atoms with E-state index in [1.807, 2.05) is 25.1 Å². The lowest BCUT2D eigenvalue weighted by Gasteiger charge is -2.01. The second-order valence-corrected chi connectivity index (χ2v) is 4.47. The molecule has 0 aromatic heterocycles. The number of hydrogen-bond acceptors (Lipinski definition) is 1. The predicted molar refractivity (Wildman–Crippen MR) is 61.6 cm³/mol. The number of carbonyl (C=O) groups is 1. The first kappa shape index (κ1) is 10.9. The second-order valence-electron chi connectivity index (χ2n) is 2.83. The third kappa shape index (κ3) is 2.92. The first-order chi connectivity index (χ1) is 6.15. The maximum absolute atomic E-state index is 11.5. The average molecular weight is 306 g/mol. The molecule has 0 atom stereocenters. The van der Waals surface area contributed by atoms with Gasteiger partial charge in [0, 0.05) is 21.8 Å². The molecule has 0 saturated heterocycles. The molecule has 13 heavy (non-hydrogen) atoms. The van der Waals surface area contributed by atoms with Crippen LogP contribution in [0.2, 0.25) is 0 Å². The Kier molecular flexibility index (Phi) is 4.13. The van der Waals surface area contributed by atoms with Gasteiger partial charge in [-0.2, -0.15) is 0 Å². The number of Topliss-reactive ketones (excluding diaryl/α,β-unsaturated/α-hetero) is 1. The Bertz CT molecular complexity index is 321. The van der Waals surface area contributed by atoms with Crippen molar-refractivity contribution in [2.75, 3.05) is 5.33 Å². The number of hydrogen-bond donors (Lipinski definition) is 0. The van der Waals surface area contributed by atoms with Crippen LogP contribution in [0.25, 0.3) is 0 Å². The summed E-state index contributed by atoms with van der Waals surface area (Å²) in [7, 11) is 0. The number of rotatable bonds is 3. The highest BCUT2D eigenvalue weighted by Gasteiger charge is 2.05. The molecule has 0 radical (unpaired) electrons. The fourth-order valence-corrected chi connectivity index (χ4v) is 1.74. The summed E-state index contributed by atoms with van der Waals surface area (Å²) >= 11 is 6.65. The van der Waals surface area contributed by atoms with Crippen LogP contribution in [0, 0.1) is 6.92 Å². The zero-order chi connectivity index (χ0) is 9.84. The average Bonchev–Trinajstić information content (AvgIpc) is 2.10. The van der Waals surface area contributed by atoms with Crippen molar-refractivity contribution in [3.05, 3.63) is 33.8 Å². The number of carbonyl (C=O) groups excluding carboxylic acids is 1. The summed E-state index contributed by atoms with van der Waals surface area (Å²) in [5, 5.41) is 0.720. The number of halogens is 2. The largest absolute Gasteiger partial charge is 0.294 e. The van der Waals surface area contributed by atoms with E-state index in [4.69, 9.17) is 0 Å². The van der Waals surface area contributed by atoms with Gasteiger partial charge in [-0.15, -0.1) is 0 Å². The molecule has 0 aliphatic carbocycles. The van der Waals surface area contributed by atoms with E-state index in [1.54, 1.807) is 0 Å². The number of alkyl halides is 1.